The van der Waals surface area contributed by atoms with Crippen LogP contribution in [-0.2, 0) is 16.4 Å². The lowest BCUT2D eigenvalue weighted by Crippen LogP contribution is -2.59. The van der Waals surface area contributed by atoms with E-state index in [-0.39, 0.29) is 11.2 Å². The van der Waals surface area contributed by atoms with Gasteiger partial charge in [0.05, 0.1) is 12.0 Å². The van der Waals surface area contributed by atoms with Crippen molar-refractivity contribution in [1.82, 2.24) is 19.3 Å². The molecule has 0 spiro atoms. The van der Waals surface area contributed by atoms with Crippen LogP contribution >= 0.6 is 0 Å². The molecule has 0 radical (unpaired) electrons. The van der Waals surface area contributed by atoms with E-state index in [4.69, 9.17) is 8.94 Å². The fraction of sp³-hybridized carbons (Fsp3) is 0.545. The summed E-state index contributed by atoms with van der Waals surface area (Å²) in [5.74, 6) is 1.14. The Bertz CT molecular complexity index is 1150. The molecule has 31 heavy (non-hydrogen) atoms. The van der Waals surface area contributed by atoms with Gasteiger partial charge in [-0.3, -0.25) is 4.98 Å². The predicted octanol–water partition coefficient (Wildman–Crippen LogP) is 2.87. The van der Waals surface area contributed by atoms with E-state index in [2.05, 4.69) is 15.0 Å². The molecule has 2 fully saturated rings. The third-order valence-corrected chi connectivity index (χ3v) is 9.04. The number of pyridine rings is 1. The molecule has 5 heterocycles. The lowest BCUT2D eigenvalue weighted by Gasteiger charge is -2.42. The smallest absolute Gasteiger partial charge is 0.219 e. The van der Waals surface area contributed by atoms with Gasteiger partial charge in [0.2, 0.25) is 10.0 Å². The quantitative estimate of drug-likeness (QED) is 0.577. The molecule has 2 saturated heterocycles. The fourth-order valence-electron chi connectivity index (χ4n) is 4.83. The number of sulfonamides is 1. The van der Waals surface area contributed by atoms with E-state index in [0.29, 0.717) is 26.2 Å². The monoisotopic (exact) mass is 444 g/mol. The molecular weight excluding hydrogens is 416 g/mol. The molecule has 0 unspecified atom stereocenters. The number of aromatic nitrogens is 2. The summed E-state index contributed by atoms with van der Waals surface area (Å²) in [5.41, 5.74) is 4.84. The number of aryl methyl sites for hydroxylation is 2. The third kappa shape index (κ3) is 3.79. The van der Waals surface area contributed by atoms with Crippen LogP contribution in [-0.4, -0.2) is 65.7 Å². The van der Waals surface area contributed by atoms with Gasteiger partial charge in [-0.1, -0.05) is 5.16 Å². The van der Waals surface area contributed by atoms with Crippen molar-refractivity contribution in [2.75, 3.05) is 32.7 Å². The Kier molecular flexibility index (Phi) is 5.35. The topological polar surface area (TPSA) is 92.7 Å². The molecule has 0 aliphatic carbocycles. The SMILES string of the molecule is Cc1noc(C)c1CCN1CC(S(=O)(=O)N2CCC(c3coc4cccnc34)CC2)C1. The molecule has 0 N–H and O–H groups in total. The summed E-state index contributed by atoms with van der Waals surface area (Å²) < 4.78 is 38.7. The lowest BCUT2D eigenvalue weighted by atomic mass is 9.91. The van der Waals surface area contributed by atoms with Crippen LogP contribution in [0.5, 0.6) is 0 Å². The van der Waals surface area contributed by atoms with Gasteiger partial charge in [0, 0.05) is 50.0 Å². The molecule has 0 saturated carbocycles. The van der Waals surface area contributed by atoms with Crippen molar-refractivity contribution in [3.05, 3.63) is 47.2 Å². The number of hydrogen-bond donors (Lipinski definition) is 0. The van der Waals surface area contributed by atoms with Crippen molar-refractivity contribution >= 4 is 21.1 Å². The average Bonchev–Trinajstić information content (AvgIpc) is 3.30. The standard InChI is InChI=1S/C22H28N4O4S/c1-15-19(16(2)30-24-15)7-9-25-12-18(13-25)31(27,28)26-10-5-17(6-11-26)20-14-29-21-4-3-8-23-22(20)21/h3-4,8,14,17-18H,5-7,9-13H2,1-2H3. The minimum Gasteiger partial charge on any atom is -0.462 e. The highest BCUT2D eigenvalue weighted by atomic mass is 32.2. The van der Waals surface area contributed by atoms with Crippen molar-refractivity contribution in [3.63, 3.8) is 0 Å². The van der Waals surface area contributed by atoms with Crippen molar-refractivity contribution < 1.29 is 17.4 Å². The minimum atomic E-state index is -3.26. The highest BCUT2D eigenvalue weighted by molar-refractivity contribution is 7.89. The van der Waals surface area contributed by atoms with Crippen molar-refractivity contribution in [1.29, 1.82) is 0 Å². The molecule has 0 aromatic carbocycles. The lowest BCUT2D eigenvalue weighted by molar-refractivity contribution is 0.179. The number of furan rings is 1. The van der Waals surface area contributed by atoms with Gasteiger partial charge in [-0.15, -0.1) is 0 Å². The molecule has 166 valence electrons. The first-order valence-corrected chi connectivity index (χ1v) is 12.4. The van der Waals surface area contributed by atoms with Gasteiger partial charge < -0.3 is 13.8 Å². The van der Waals surface area contributed by atoms with Gasteiger partial charge in [-0.2, -0.15) is 0 Å². The average molecular weight is 445 g/mol. The van der Waals surface area contributed by atoms with Crippen molar-refractivity contribution in [3.8, 4) is 0 Å². The Morgan fingerprint density at radius 3 is 2.68 bits per heavy atom. The van der Waals surface area contributed by atoms with Gasteiger partial charge in [-0.25, -0.2) is 12.7 Å². The van der Waals surface area contributed by atoms with Gasteiger partial charge in [-0.05, 0) is 51.2 Å². The van der Waals surface area contributed by atoms with Gasteiger partial charge in [0.1, 0.15) is 16.5 Å². The zero-order valence-corrected chi connectivity index (χ0v) is 18.8. The van der Waals surface area contributed by atoms with E-state index in [1.807, 2.05) is 26.0 Å². The maximum atomic E-state index is 13.1. The summed E-state index contributed by atoms with van der Waals surface area (Å²) in [7, 11) is -3.26. The number of fused-ring (bicyclic) bond motifs is 1. The Labute approximate surface area is 182 Å². The molecule has 0 atom stereocenters. The summed E-state index contributed by atoms with van der Waals surface area (Å²) in [5, 5.41) is 3.69. The second kappa shape index (κ2) is 8.03. The van der Waals surface area contributed by atoms with Crippen LogP contribution in [0.25, 0.3) is 11.1 Å². The highest BCUT2D eigenvalue weighted by Crippen LogP contribution is 2.35. The molecule has 8 nitrogen and oxygen atoms in total. The van der Waals surface area contributed by atoms with Gasteiger partial charge in [0.15, 0.2) is 5.58 Å². The maximum absolute atomic E-state index is 13.1. The first-order chi connectivity index (χ1) is 14.9. The highest BCUT2D eigenvalue weighted by Gasteiger charge is 2.42. The number of piperidine rings is 1. The molecular formula is C22H28N4O4S. The predicted molar refractivity (Wildman–Crippen MR) is 116 cm³/mol. The van der Waals surface area contributed by atoms with E-state index >= 15 is 0 Å². The number of hydrogen-bond acceptors (Lipinski definition) is 7. The molecule has 0 amide bonds. The molecule has 2 aliphatic heterocycles. The van der Waals surface area contributed by atoms with E-state index < -0.39 is 10.0 Å². The number of rotatable bonds is 6. The van der Waals surface area contributed by atoms with Crippen LogP contribution in [0.3, 0.4) is 0 Å². The molecule has 2 aliphatic rings. The van der Waals surface area contributed by atoms with E-state index in [0.717, 1.165) is 59.5 Å². The van der Waals surface area contributed by atoms with Crippen molar-refractivity contribution in [2.45, 2.75) is 44.3 Å². The van der Waals surface area contributed by atoms with Crippen LogP contribution in [0.15, 0.2) is 33.5 Å². The first-order valence-electron chi connectivity index (χ1n) is 10.9. The molecule has 0 bridgehead atoms. The molecule has 3 aromatic heterocycles. The Hall–Kier alpha value is -2.23. The van der Waals surface area contributed by atoms with Crippen LogP contribution < -0.4 is 0 Å². The van der Waals surface area contributed by atoms with Gasteiger partial charge in [0.25, 0.3) is 0 Å². The van der Waals surface area contributed by atoms with E-state index in [1.54, 1.807) is 16.8 Å². The normalized spacial score (nSPS) is 19.8. The maximum Gasteiger partial charge on any atom is 0.219 e. The molecule has 3 aromatic rings. The van der Waals surface area contributed by atoms with E-state index in [1.165, 1.54) is 0 Å². The zero-order chi connectivity index (χ0) is 21.6. The summed E-state index contributed by atoms with van der Waals surface area (Å²) >= 11 is 0. The van der Waals surface area contributed by atoms with Crippen LogP contribution in [0.2, 0.25) is 0 Å². The molecule has 5 rings (SSSR count). The summed E-state index contributed by atoms with van der Waals surface area (Å²) in [6, 6.07) is 3.78. The van der Waals surface area contributed by atoms with Gasteiger partial charge >= 0.3 is 0 Å². The summed E-state index contributed by atoms with van der Waals surface area (Å²) in [6.07, 6.45) is 6.00. The minimum absolute atomic E-state index is 0.288. The van der Waals surface area contributed by atoms with Crippen LogP contribution in [0, 0.1) is 13.8 Å². The second-order valence-corrected chi connectivity index (χ2v) is 10.9. The number of likely N-dealkylation sites (tertiary alicyclic amines) is 1. The first kappa shape index (κ1) is 20.7. The third-order valence-electron chi connectivity index (χ3n) is 6.81. The summed E-state index contributed by atoms with van der Waals surface area (Å²) in [4.78, 5) is 6.65. The van der Waals surface area contributed by atoms with Crippen LogP contribution in [0.4, 0.5) is 0 Å². The van der Waals surface area contributed by atoms with E-state index in [9.17, 15) is 8.42 Å². The molecule has 9 heteroatoms. The van der Waals surface area contributed by atoms with Crippen LogP contribution in [0.1, 0.15) is 41.3 Å². The zero-order valence-electron chi connectivity index (χ0n) is 18.0. The fourth-order valence-corrected chi connectivity index (χ4v) is 6.77. The second-order valence-electron chi connectivity index (χ2n) is 8.69. The Balaban J connectivity index is 1.15. The summed E-state index contributed by atoms with van der Waals surface area (Å²) in [6.45, 7) is 7.01. The Morgan fingerprint density at radius 1 is 1.19 bits per heavy atom. The Morgan fingerprint density at radius 2 is 1.97 bits per heavy atom. The number of nitrogens with zero attached hydrogens (tertiary/aromatic N) is 4. The largest absolute Gasteiger partial charge is 0.462 e. The van der Waals surface area contributed by atoms with Crippen molar-refractivity contribution in [2.24, 2.45) is 0 Å².